The largest absolute Gasteiger partial charge is 0.401 e. The highest BCUT2D eigenvalue weighted by Gasteiger charge is 2.36. The third-order valence-electron chi connectivity index (χ3n) is 1.87. The van der Waals surface area contributed by atoms with Crippen LogP contribution in [0.5, 0.6) is 0 Å². The SMILES string of the molecule is CCN1CN(CC(F)(F)F)CC1=O. The quantitative estimate of drug-likeness (QED) is 0.648. The summed E-state index contributed by atoms with van der Waals surface area (Å²) in [6, 6.07) is 0. The van der Waals surface area contributed by atoms with E-state index in [-0.39, 0.29) is 19.1 Å². The zero-order valence-corrected chi connectivity index (χ0v) is 7.26. The average Bonchev–Trinajstić information content (AvgIpc) is 2.26. The van der Waals surface area contributed by atoms with Crippen molar-refractivity contribution >= 4 is 5.91 Å². The minimum atomic E-state index is -4.22. The van der Waals surface area contributed by atoms with Crippen molar-refractivity contribution in [1.29, 1.82) is 0 Å². The number of carbonyl (C=O) groups excluding carboxylic acids is 1. The van der Waals surface area contributed by atoms with E-state index in [1.807, 2.05) is 0 Å². The summed E-state index contributed by atoms with van der Waals surface area (Å²) >= 11 is 0. The molecular weight excluding hydrogens is 185 g/mol. The van der Waals surface area contributed by atoms with Crippen LogP contribution in [-0.2, 0) is 4.79 Å². The van der Waals surface area contributed by atoms with Crippen molar-refractivity contribution < 1.29 is 18.0 Å². The van der Waals surface area contributed by atoms with Crippen LogP contribution in [0.15, 0.2) is 0 Å². The van der Waals surface area contributed by atoms with Crippen molar-refractivity contribution in [2.24, 2.45) is 0 Å². The molecule has 0 saturated carbocycles. The lowest BCUT2D eigenvalue weighted by molar-refractivity contribution is -0.144. The van der Waals surface area contributed by atoms with Crippen molar-refractivity contribution in [3.63, 3.8) is 0 Å². The lowest BCUT2D eigenvalue weighted by Crippen LogP contribution is -2.33. The van der Waals surface area contributed by atoms with Crippen molar-refractivity contribution in [2.45, 2.75) is 13.1 Å². The van der Waals surface area contributed by atoms with Crippen molar-refractivity contribution in [2.75, 3.05) is 26.3 Å². The second kappa shape index (κ2) is 3.53. The molecule has 13 heavy (non-hydrogen) atoms. The van der Waals surface area contributed by atoms with Gasteiger partial charge in [-0.1, -0.05) is 0 Å². The Morgan fingerprint density at radius 3 is 2.46 bits per heavy atom. The first kappa shape index (κ1) is 10.3. The van der Waals surface area contributed by atoms with E-state index in [0.29, 0.717) is 6.54 Å². The third-order valence-corrected chi connectivity index (χ3v) is 1.87. The number of hydrogen-bond donors (Lipinski definition) is 0. The van der Waals surface area contributed by atoms with Crippen LogP contribution in [-0.4, -0.2) is 48.2 Å². The van der Waals surface area contributed by atoms with Crippen LogP contribution in [0.1, 0.15) is 6.92 Å². The van der Waals surface area contributed by atoms with Gasteiger partial charge in [0.15, 0.2) is 0 Å². The molecule has 0 aliphatic carbocycles. The van der Waals surface area contributed by atoms with Crippen molar-refractivity contribution in [3.05, 3.63) is 0 Å². The highest BCUT2D eigenvalue weighted by molar-refractivity contribution is 5.79. The van der Waals surface area contributed by atoms with Gasteiger partial charge >= 0.3 is 6.18 Å². The van der Waals surface area contributed by atoms with E-state index >= 15 is 0 Å². The summed E-state index contributed by atoms with van der Waals surface area (Å²) in [4.78, 5) is 13.5. The number of halogens is 3. The molecule has 6 heteroatoms. The van der Waals surface area contributed by atoms with E-state index in [1.165, 1.54) is 4.90 Å². The second-order valence-electron chi connectivity index (χ2n) is 2.99. The first-order valence-corrected chi connectivity index (χ1v) is 3.99. The van der Waals surface area contributed by atoms with Gasteiger partial charge in [-0.2, -0.15) is 13.2 Å². The molecular formula is C7H11F3N2O. The Bertz CT molecular complexity index is 204. The summed E-state index contributed by atoms with van der Waals surface area (Å²) in [6.07, 6.45) is -4.22. The Morgan fingerprint density at radius 2 is 2.08 bits per heavy atom. The maximum atomic E-state index is 11.9. The summed E-state index contributed by atoms with van der Waals surface area (Å²) in [6.45, 7) is 1.18. The highest BCUT2D eigenvalue weighted by Crippen LogP contribution is 2.18. The van der Waals surface area contributed by atoms with E-state index in [2.05, 4.69) is 0 Å². The van der Waals surface area contributed by atoms with Gasteiger partial charge in [0, 0.05) is 6.54 Å². The smallest absolute Gasteiger partial charge is 0.329 e. The topological polar surface area (TPSA) is 23.6 Å². The molecule has 1 amide bonds. The zero-order valence-electron chi connectivity index (χ0n) is 7.26. The Hall–Kier alpha value is -0.780. The molecule has 0 aromatic heterocycles. The van der Waals surface area contributed by atoms with Crippen molar-refractivity contribution in [1.82, 2.24) is 9.80 Å². The Kier molecular flexibility index (Phi) is 2.80. The summed E-state index contributed by atoms with van der Waals surface area (Å²) < 4.78 is 35.7. The van der Waals surface area contributed by atoms with Crippen LogP contribution >= 0.6 is 0 Å². The lowest BCUT2D eigenvalue weighted by atomic mass is 10.5. The van der Waals surface area contributed by atoms with Gasteiger partial charge < -0.3 is 4.90 Å². The van der Waals surface area contributed by atoms with Crippen LogP contribution in [0.25, 0.3) is 0 Å². The van der Waals surface area contributed by atoms with E-state index < -0.39 is 12.7 Å². The predicted octanol–water partition coefficient (Wildman–Crippen LogP) is 0.670. The number of rotatable bonds is 2. The van der Waals surface area contributed by atoms with Crippen LogP contribution in [0.3, 0.4) is 0 Å². The molecule has 0 aromatic rings. The minimum Gasteiger partial charge on any atom is -0.329 e. The van der Waals surface area contributed by atoms with E-state index in [4.69, 9.17) is 0 Å². The van der Waals surface area contributed by atoms with Gasteiger partial charge in [0.2, 0.25) is 5.91 Å². The molecule has 0 radical (unpaired) electrons. The lowest BCUT2D eigenvalue weighted by Gasteiger charge is -2.17. The fourth-order valence-corrected chi connectivity index (χ4v) is 1.30. The molecule has 0 unspecified atom stereocenters. The Morgan fingerprint density at radius 1 is 1.46 bits per heavy atom. The molecule has 0 bridgehead atoms. The monoisotopic (exact) mass is 196 g/mol. The van der Waals surface area contributed by atoms with E-state index in [0.717, 1.165) is 4.90 Å². The zero-order chi connectivity index (χ0) is 10.1. The van der Waals surface area contributed by atoms with Crippen LogP contribution in [0.4, 0.5) is 13.2 Å². The average molecular weight is 196 g/mol. The summed E-state index contributed by atoms with van der Waals surface area (Å²) in [7, 11) is 0. The number of carbonyl (C=O) groups is 1. The van der Waals surface area contributed by atoms with Gasteiger partial charge in [-0.05, 0) is 6.92 Å². The summed E-state index contributed by atoms with van der Waals surface area (Å²) in [5, 5.41) is 0. The molecule has 3 nitrogen and oxygen atoms in total. The predicted molar refractivity (Wildman–Crippen MR) is 39.9 cm³/mol. The summed E-state index contributed by atoms with van der Waals surface area (Å²) in [5.41, 5.74) is 0. The fourth-order valence-electron chi connectivity index (χ4n) is 1.30. The van der Waals surface area contributed by atoms with Crippen LogP contribution < -0.4 is 0 Å². The molecule has 0 spiro atoms. The number of amides is 1. The molecule has 0 aromatic carbocycles. The van der Waals surface area contributed by atoms with Crippen LogP contribution in [0.2, 0.25) is 0 Å². The number of likely N-dealkylation sites (N-methyl/N-ethyl adjacent to an activating group) is 1. The molecule has 1 rings (SSSR count). The van der Waals surface area contributed by atoms with Gasteiger partial charge in [-0.25, -0.2) is 0 Å². The molecule has 1 aliphatic heterocycles. The molecule has 0 N–H and O–H groups in total. The van der Waals surface area contributed by atoms with Gasteiger partial charge in [-0.3, -0.25) is 9.69 Å². The summed E-state index contributed by atoms with van der Waals surface area (Å²) in [5.74, 6) is -0.230. The van der Waals surface area contributed by atoms with Gasteiger partial charge in [0.1, 0.15) is 0 Å². The first-order valence-electron chi connectivity index (χ1n) is 3.99. The molecule has 1 fully saturated rings. The fraction of sp³-hybridized carbons (Fsp3) is 0.857. The Labute approximate surface area is 74.1 Å². The number of alkyl halides is 3. The van der Waals surface area contributed by atoms with Crippen LogP contribution in [0, 0.1) is 0 Å². The number of hydrogen-bond acceptors (Lipinski definition) is 2. The normalized spacial score (nSPS) is 20.0. The van der Waals surface area contributed by atoms with E-state index in [1.54, 1.807) is 6.92 Å². The first-order chi connectivity index (χ1) is 5.92. The molecule has 1 heterocycles. The molecule has 1 aliphatic rings. The minimum absolute atomic E-state index is 0.0921. The van der Waals surface area contributed by atoms with E-state index in [9.17, 15) is 18.0 Å². The Balaban J connectivity index is 2.45. The maximum absolute atomic E-state index is 11.9. The van der Waals surface area contributed by atoms with Crippen molar-refractivity contribution in [3.8, 4) is 0 Å². The molecule has 76 valence electrons. The third kappa shape index (κ3) is 2.87. The van der Waals surface area contributed by atoms with Gasteiger partial charge in [0.05, 0.1) is 19.8 Å². The van der Waals surface area contributed by atoms with Gasteiger partial charge in [-0.15, -0.1) is 0 Å². The number of nitrogens with zero attached hydrogens (tertiary/aromatic N) is 2. The van der Waals surface area contributed by atoms with Gasteiger partial charge in [0.25, 0.3) is 0 Å². The highest BCUT2D eigenvalue weighted by atomic mass is 19.4. The standard InChI is InChI=1S/C7H11F3N2O/c1-2-12-5-11(3-6(12)13)4-7(8,9)10/h2-5H2,1H3. The maximum Gasteiger partial charge on any atom is 0.401 e. The molecule has 1 saturated heterocycles. The molecule has 0 atom stereocenters. The second-order valence-corrected chi connectivity index (χ2v) is 2.99.